The third-order valence-corrected chi connectivity index (χ3v) is 23.8. The molecule has 0 atom stereocenters. The molecular formula is C96H204N3O4P. The monoisotopic (exact) mass is 1490 g/mol. The van der Waals surface area contributed by atoms with E-state index in [-0.39, 0.29) is 0 Å². The lowest BCUT2D eigenvalue weighted by Gasteiger charge is -2.40. The molecule has 0 bridgehead atoms. The molecule has 0 amide bonds. The molecule has 0 saturated carbocycles. The van der Waals surface area contributed by atoms with Crippen LogP contribution in [-0.2, 0) is 4.57 Å². The van der Waals surface area contributed by atoms with E-state index in [0.29, 0.717) is 0 Å². The highest BCUT2D eigenvalue weighted by molar-refractivity contribution is 7.40. The van der Waals surface area contributed by atoms with Gasteiger partial charge in [0.2, 0.25) is 0 Å². The van der Waals surface area contributed by atoms with Crippen LogP contribution in [0.3, 0.4) is 0 Å². The molecule has 632 valence electrons. The second-order valence-electron chi connectivity index (χ2n) is 34.4. The molecule has 0 unspecified atom stereocenters. The second kappa shape index (κ2) is 91.9. The van der Waals surface area contributed by atoms with Crippen molar-refractivity contribution in [1.29, 1.82) is 0 Å². The van der Waals surface area contributed by atoms with Crippen LogP contribution in [0.4, 0.5) is 0 Å². The van der Waals surface area contributed by atoms with Gasteiger partial charge in [0.05, 0.1) is 78.5 Å². The van der Waals surface area contributed by atoms with Crippen LogP contribution in [-0.4, -0.2) is 92.0 Å². The molecule has 0 fully saturated rings. The van der Waals surface area contributed by atoms with Crippen molar-refractivity contribution in [3.63, 3.8) is 0 Å². The fraction of sp³-hybridized carbons (Fsp3) is 1.00. The van der Waals surface area contributed by atoms with E-state index >= 15 is 0 Å². The maximum atomic E-state index is 8.55. The van der Waals surface area contributed by atoms with Crippen LogP contribution in [0, 0.1) is 0 Å². The zero-order valence-electron chi connectivity index (χ0n) is 74.8. The van der Waals surface area contributed by atoms with E-state index in [4.69, 9.17) is 19.2 Å². The van der Waals surface area contributed by atoms with E-state index in [1.54, 1.807) is 0 Å². The summed E-state index contributed by atoms with van der Waals surface area (Å²) in [6, 6.07) is 0. The molecule has 7 nitrogen and oxygen atoms in total. The van der Waals surface area contributed by atoms with E-state index in [1.807, 2.05) is 0 Å². The highest BCUT2D eigenvalue weighted by Crippen LogP contribution is 2.26. The van der Waals surface area contributed by atoms with Crippen LogP contribution >= 0.6 is 7.82 Å². The van der Waals surface area contributed by atoms with Crippen LogP contribution in [0.25, 0.3) is 0 Å². The summed E-state index contributed by atoms with van der Waals surface area (Å²) >= 11 is 0. The lowest BCUT2D eigenvalue weighted by Crippen LogP contribution is -2.50. The average Bonchev–Trinajstić information content (AvgIpc) is 0.889. The largest absolute Gasteiger partial charge is 0.822 e. The van der Waals surface area contributed by atoms with E-state index in [0.717, 1.165) is 0 Å². The molecule has 0 aromatic carbocycles. The van der Waals surface area contributed by atoms with E-state index in [1.165, 1.54) is 554 Å². The topological polar surface area (TPSA) is 86.2 Å². The molecule has 8 heteroatoms. The smallest absolute Gasteiger partial charge is 0.0786 e. The molecule has 0 saturated heterocycles. The van der Waals surface area contributed by atoms with Crippen molar-refractivity contribution in [1.82, 2.24) is 0 Å². The van der Waals surface area contributed by atoms with Gasteiger partial charge in [-0.3, -0.25) is 0 Å². The molecule has 0 aromatic heterocycles. The predicted molar refractivity (Wildman–Crippen MR) is 467 cm³/mol. The van der Waals surface area contributed by atoms with Crippen molar-refractivity contribution in [2.75, 3.05) is 78.5 Å². The fourth-order valence-electron chi connectivity index (χ4n) is 16.7. The van der Waals surface area contributed by atoms with Crippen molar-refractivity contribution in [3.8, 4) is 0 Å². The minimum Gasteiger partial charge on any atom is -0.822 e. The molecule has 0 spiro atoms. The lowest BCUT2D eigenvalue weighted by molar-refractivity contribution is -0.929. The fourth-order valence-corrected chi connectivity index (χ4v) is 16.7. The number of nitrogens with zero attached hydrogens (tertiary/aromatic N) is 3. The van der Waals surface area contributed by atoms with Gasteiger partial charge in [-0.2, -0.15) is 7.82 Å². The number of hydrogen-bond acceptors (Lipinski definition) is 4. The van der Waals surface area contributed by atoms with Gasteiger partial charge in [0.1, 0.15) is 0 Å². The van der Waals surface area contributed by atoms with Gasteiger partial charge < -0.3 is 32.7 Å². The zero-order chi connectivity index (χ0) is 77.4. The van der Waals surface area contributed by atoms with Gasteiger partial charge in [0.25, 0.3) is 0 Å². The van der Waals surface area contributed by atoms with Crippen molar-refractivity contribution in [2.45, 2.75) is 545 Å². The van der Waals surface area contributed by atoms with Crippen molar-refractivity contribution < 1.29 is 32.7 Å². The van der Waals surface area contributed by atoms with E-state index in [2.05, 4.69) is 83.1 Å². The van der Waals surface area contributed by atoms with E-state index < -0.39 is 7.82 Å². The molecule has 0 radical (unpaired) electrons. The first-order valence-corrected chi connectivity index (χ1v) is 50.5. The van der Waals surface area contributed by atoms with Crippen molar-refractivity contribution >= 4 is 7.82 Å². The van der Waals surface area contributed by atoms with Gasteiger partial charge in [-0.1, -0.05) is 391 Å². The molecule has 0 rings (SSSR count). The first-order chi connectivity index (χ1) is 50.7. The Hall–Kier alpha value is -0.0100. The Morgan fingerprint density at radius 1 is 0.135 bits per heavy atom. The lowest BCUT2D eigenvalue weighted by atomic mass is 10.0. The van der Waals surface area contributed by atoms with Gasteiger partial charge in [-0.25, -0.2) is 0 Å². The third-order valence-electron chi connectivity index (χ3n) is 23.8. The summed E-state index contributed by atoms with van der Waals surface area (Å²) in [5.41, 5.74) is 0. The number of phosphoric acid groups is 1. The molecular weight excluding hydrogens is 1290 g/mol. The van der Waals surface area contributed by atoms with Gasteiger partial charge in [-0.15, -0.1) is 0 Å². The maximum absolute atomic E-state index is 8.55. The van der Waals surface area contributed by atoms with Gasteiger partial charge >= 0.3 is 0 Å². The summed E-state index contributed by atoms with van der Waals surface area (Å²) in [7, 11) is -5.39. The number of hydrogen-bond donors (Lipinski definition) is 0. The molecule has 0 heterocycles. The number of quaternary nitrogens is 3. The molecule has 0 aliphatic heterocycles. The highest BCUT2D eigenvalue weighted by Gasteiger charge is 2.29. The summed E-state index contributed by atoms with van der Waals surface area (Å²) < 4.78 is 13.0. The standard InChI is InChI=1S/3C32H68N.H3O4P/c3*1-5-9-13-17-21-25-29-33(30-26-22-18-14-10-6-2,31-27-23-19-15-11-7-3)32-28-24-20-16-12-8-4;1-5(2,3)4/h3*5-32H2,1-4H3;(H3,1,2,3,4)/q3*+1;/p-3. The molecule has 104 heavy (non-hydrogen) atoms. The molecule has 0 N–H and O–H groups in total. The second-order valence-corrected chi connectivity index (χ2v) is 35.3. The summed E-state index contributed by atoms with van der Waals surface area (Å²) in [5, 5.41) is 0. The highest BCUT2D eigenvalue weighted by atomic mass is 31.2. The van der Waals surface area contributed by atoms with E-state index in [9.17, 15) is 0 Å². The number of rotatable bonds is 84. The van der Waals surface area contributed by atoms with Crippen molar-refractivity contribution in [3.05, 3.63) is 0 Å². The van der Waals surface area contributed by atoms with Crippen LogP contribution in [0.5, 0.6) is 0 Å². The van der Waals surface area contributed by atoms with Gasteiger partial charge in [-0.05, 0) is 154 Å². The minimum atomic E-state index is -5.39. The predicted octanol–water partition coefficient (Wildman–Crippen LogP) is 30.9. The van der Waals surface area contributed by atoms with Crippen molar-refractivity contribution in [2.24, 2.45) is 0 Å². The Labute approximate surface area is 660 Å². The Kier molecular flexibility index (Phi) is 97.4. The van der Waals surface area contributed by atoms with Crippen LogP contribution < -0.4 is 14.7 Å². The van der Waals surface area contributed by atoms with Crippen LogP contribution in [0.1, 0.15) is 545 Å². The van der Waals surface area contributed by atoms with Gasteiger partial charge in [0.15, 0.2) is 0 Å². The quantitative estimate of drug-likeness (QED) is 0.0345. The third kappa shape index (κ3) is 89.2. The first kappa shape index (κ1) is 110. The van der Waals surface area contributed by atoms with Crippen LogP contribution in [0.15, 0.2) is 0 Å². The summed E-state index contributed by atoms with van der Waals surface area (Å²) in [4.78, 5) is 25.6. The molecule has 0 aromatic rings. The average molecular weight is 1500 g/mol. The Bertz CT molecular complexity index is 1180. The molecule has 0 aliphatic carbocycles. The Morgan fingerprint density at radius 3 is 0.260 bits per heavy atom. The molecule has 0 aliphatic rings. The van der Waals surface area contributed by atoms with Crippen LogP contribution in [0.2, 0.25) is 0 Å². The Balaban J connectivity index is -0.000000696. The normalized spacial score (nSPS) is 12.0. The Morgan fingerprint density at radius 2 is 0.192 bits per heavy atom. The SMILES string of the molecule is CCCCCCCC[N+](CCCCCCCC)(CCCCCCCC)CCCCCCCC.CCCCCCCC[N+](CCCCCCCC)(CCCCCCCC)CCCCCCCC.CCCCCCCC[N+](CCCCCCCC)(CCCCCCCC)CCCCCCCC.O=P([O-])([O-])[O-]. The summed E-state index contributed by atoms with van der Waals surface area (Å²) in [6.07, 6.45) is 104. The minimum absolute atomic E-state index is 1.37. The summed E-state index contributed by atoms with van der Waals surface area (Å²) in [5.74, 6) is 0. The zero-order valence-corrected chi connectivity index (χ0v) is 75.7. The number of unbranched alkanes of at least 4 members (excludes halogenated alkanes) is 60. The maximum Gasteiger partial charge on any atom is 0.0786 e. The first-order valence-electron chi connectivity index (χ1n) is 49.0. The van der Waals surface area contributed by atoms with Gasteiger partial charge in [0, 0.05) is 0 Å². The summed E-state index contributed by atoms with van der Waals surface area (Å²) in [6.45, 7) is 45.8.